The number of carbonyl (C=O) groups is 2. The van der Waals surface area contributed by atoms with Crippen molar-refractivity contribution < 1.29 is 14.3 Å². The van der Waals surface area contributed by atoms with E-state index in [1.807, 2.05) is 31.2 Å². The van der Waals surface area contributed by atoms with Gasteiger partial charge < -0.3 is 15.4 Å². The number of nitrogens with one attached hydrogen (secondary N) is 3. The molecule has 2 amide bonds. The molecule has 33 heavy (non-hydrogen) atoms. The number of hydrogen-bond acceptors (Lipinski definition) is 4. The Morgan fingerprint density at radius 2 is 1.48 bits per heavy atom. The van der Waals surface area contributed by atoms with Crippen molar-refractivity contribution in [3.63, 3.8) is 0 Å². The molecule has 0 heterocycles. The maximum absolute atomic E-state index is 12.5. The maximum Gasteiger partial charge on any atom is 0.257 e. The largest absolute Gasteiger partial charge is 0.494 e. The number of hydrogen-bond donors (Lipinski definition) is 3. The molecule has 0 unspecified atom stereocenters. The summed E-state index contributed by atoms with van der Waals surface area (Å²) in [6, 6.07) is 21.5. The molecule has 0 atom stereocenters. The van der Waals surface area contributed by atoms with Crippen molar-refractivity contribution in [2.75, 3.05) is 17.2 Å². The lowest BCUT2D eigenvalue weighted by Gasteiger charge is -2.12. The quantitative estimate of drug-likeness (QED) is 0.303. The average molecular weight is 462 g/mol. The molecular formula is C26H27N3O3S. The molecular weight excluding hydrogens is 434 g/mol. The van der Waals surface area contributed by atoms with Crippen molar-refractivity contribution in [3.05, 3.63) is 89.5 Å². The molecule has 0 radical (unpaired) electrons. The molecule has 3 N–H and O–H groups in total. The van der Waals surface area contributed by atoms with Crippen molar-refractivity contribution in [1.29, 1.82) is 0 Å². The molecule has 3 aromatic rings. The van der Waals surface area contributed by atoms with Crippen LogP contribution >= 0.6 is 12.2 Å². The average Bonchev–Trinajstić information content (AvgIpc) is 2.80. The van der Waals surface area contributed by atoms with E-state index in [9.17, 15) is 9.59 Å². The van der Waals surface area contributed by atoms with Gasteiger partial charge in [0.15, 0.2) is 5.11 Å². The number of thiocarbonyl (C=S) groups is 1. The number of carbonyl (C=O) groups excluding carboxylic acids is 2. The van der Waals surface area contributed by atoms with Gasteiger partial charge in [0.05, 0.1) is 6.61 Å². The van der Waals surface area contributed by atoms with E-state index < -0.39 is 0 Å². The number of ether oxygens (including phenoxy) is 1. The molecule has 0 aliphatic carbocycles. The molecule has 7 heteroatoms. The summed E-state index contributed by atoms with van der Waals surface area (Å²) in [5, 5.41) is 8.68. The van der Waals surface area contributed by atoms with Crippen molar-refractivity contribution >= 4 is 40.5 Å². The van der Waals surface area contributed by atoms with E-state index in [-0.39, 0.29) is 16.9 Å². The molecule has 0 fully saturated rings. The van der Waals surface area contributed by atoms with Crippen molar-refractivity contribution in [2.24, 2.45) is 0 Å². The molecule has 0 spiro atoms. The zero-order chi connectivity index (χ0) is 23.6. The highest BCUT2D eigenvalue weighted by Crippen LogP contribution is 2.16. The summed E-state index contributed by atoms with van der Waals surface area (Å²) < 4.78 is 5.65. The first kappa shape index (κ1) is 23.9. The molecule has 0 saturated heterocycles. The smallest absolute Gasteiger partial charge is 0.257 e. The van der Waals surface area contributed by atoms with Gasteiger partial charge >= 0.3 is 0 Å². The van der Waals surface area contributed by atoms with E-state index in [0.29, 0.717) is 34.9 Å². The SMILES string of the molecule is CCCCOc1cccc(C(=O)NC(=S)Nc2ccc(NC(=O)c3cccc(C)c3)cc2)c1. The first-order valence-corrected chi connectivity index (χ1v) is 11.2. The van der Waals surface area contributed by atoms with Gasteiger partial charge in [0.1, 0.15) is 5.75 Å². The Hall–Kier alpha value is -3.71. The minimum absolute atomic E-state index is 0.175. The minimum Gasteiger partial charge on any atom is -0.494 e. The Labute approximate surface area is 199 Å². The second-order valence-electron chi connectivity index (χ2n) is 7.54. The Morgan fingerprint density at radius 3 is 2.15 bits per heavy atom. The molecule has 0 aliphatic rings. The lowest BCUT2D eigenvalue weighted by Crippen LogP contribution is -2.34. The van der Waals surface area contributed by atoms with Gasteiger partial charge in [-0.1, -0.05) is 37.1 Å². The predicted octanol–water partition coefficient (Wildman–Crippen LogP) is 5.55. The third-order valence-electron chi connectivity index (χ3n) is 4.77. The Bertz CT molecular complexity index is 1130. The lowest BCUT2D eigenvalue weighted by atomic mass is 10.1. The zero-order valence-corrected chi connectivity index (χ0v) is 19.5. The van der Waals surface area contributed by atoms with Crippen LogP contribution in [0, 0.1) is 6.92 Å². The number of rotatable bonds is 8. The molecule has 0 saturated carbocycles. The van der Waals surface area contributed by atoms with E-state index in [0.717, 1.165) is 18.4 Å². The predicted molar refractivity (Wildman–Crippen MR) is 136 cm³/mol. The summed E-state index contributed by atoms with van der Waals surface area (Å²) in [6.07, 6.45) is 2.00. The van der Waals surface area contributed by atoms with Crippen LogP contribution < -0.4 is 20.7 Å². The number of unbranched alkanes of at least 4 members (excludes halogenated alkanes) is 1. The van der Waals surface area contributed by atoms with Gasteiger partial charge in [0.2, 0.25) is 0 Å². The van der Waals surface area contributed by atoms with E-state index in [1.165, 1.54) is 0 Å². The van der Waals surface area contributed by atoms with Crippen LogP contribution in [0.1, 0.15) is 46.0 Å². The Balaban J connectivity index is 1.52. The third kappa shape index (κ3) is 7.43. The lowest BCUT2D eigenvalue weighted by molar-refractivity contribution is 0.0976. The fraction of sp³-hybridized carbons (Fsp3) is 0.192. The topological polar surface area (TPSA) is 79.5 Å². The summed E-state index contributed by atoms with van der Waals surface area (Å²) in [5.74, 6) is 0.150. The molecule has 6 nitrogen and oxygen atoms in total. The normalized spacial score (nSPS) is 10.2. The zero-order valence-electron chi connectivity index (χ0n) is 18.7. The van der Waals surface area contributed by atoms with Crippen LogP contribution in [-0.2, 0) is 0 Å². The molecule has 0 aliphatic heterocycles. The van der Waals surface area contributed by atoms with Gasteiger partial charge in [-0.15, -0.1) is 0 Å². The fourth-order valence-corrected chi connectivity index (χ4v) is 3.24. The number of aryl methyl sites for hydroxylation is 1. The summed E-state index contributed by atoms with van der Waals surface area (Å²) in [4.78, 5) is 24.9. The van der Waals surface area contributed by atoms with Gasteiger partial charge in [-0.05, 0) is 80.2 Å². The number of amides is 2. The fourth-order valence-electron chi connectivity index (χ4n) is 3.03. The van der Waals surface area contributed by atoms with E-state index in [2.05, 4.69) is 22.9 Å². The van der Waals surface area contributed by atoms with Crippen LogP contribution in [0.5, 0.6) is 5.75 Å². The third-order valence-corrected chi connectivity index (χ3v) is 4.97. The van der Waals surface area contributed by atoms with Crippen molar-refractivity contribution in [2.45, 2.75) is 26.7 Å². The molecule has 0 bridgehead atoms. The summed E-state index contributed by atoms with van der Waals surface area (Å²) >= 11 is 5.27. The summed E-state index contributed by atoms with van der Waals surface area (Å²) in [6.45, 7) is 4.65. The maximum atomic E-state index is 12.5. The van der Waals surface area contributed by atoms with Crippen LogP contribution in [0.2, 0.25) is 0 Å². The molecule has 3 aromatic carbocycles. The summed E-state index contributed by atoms with van der Waals surface area (Å²) in [5.41, 5.74) is 3.42. The minimum atomic E-state index is -0.324. The van der Waals surface area contributed by atoms with E-state index in [4.69, 9.17) is 17.0 Å². The highest BCUT2D eigenvalue weighted by atomic mass is 32.1. The summed E-state index contributed by atoms with van der Waals surface area (Å²) in [7, 11) is 0. The Morgan fingerprint density at radius 1 is 0.848 bits per heavy atom. The van der Waals surface area contributed by atoms with E-state index in [1.54, 1.807) is 48.5 Å². The van der Waals surface area contributed by atoms with Crippen LogP contribution in [0.15, 0.2) is 72.8 Å². The molecule has 170 valence electrons. The Kier molecular flexibility index (Phi) is 8.55. The number of anilines is 2. The van der Waals surface area contributed by atoms with Crippen LogP contribution in [0.4, 0.5) is 11.4 Å². The molecule has 3 rings (SSSR count). The van der Waals surface area contributed by atoms with Crippen LogP contribution in [0.25, 0.3) is 0 Å². The van der Waals surface area contributed by atoms with Crippen LogP contribution in [-0.4, -0.2) is 23.5 Å². The second-order valence-corrected chi connectivity index (χ2v) is 7.95. The highest BCUT2D eigenvalue weighted by Gasteiger charge is 2.10. The van der Waals surface area contributed by atoms with Gasteiger partial charge in [-0.25, -0.2) is 0 Å². The standard InChI is InChI=1S/C26H27N3O3S/c1-3-4-15-32-23-10-6-9-20(17-23)25(31)29-26(33)28-22-13-11-21(12-14-22)27-24(30)19-8-5-7-18(2)16-19/h5-14,16-17H,3-4,15H2,1-2H3,(H,27,30)(H2,28,29,31,33). The van der Waals surface area contributed by atoms with Crippen molar-refractivity contribution in [1.82, 2.24) is 5.32 Å². The highest BCUT2D eigenvalue weighted by molar-refractivity contribution is 7.80. The van der Waals surface area contributed by atoms with E-state index >= 15 is 0 Å². The van der Waals surface area contributed by atoms with Gasteiger partial charge in [0, 0.05) is 22.5 Å². The van der Waals surface area contributed by atoms with Crippen molar-refractivity contribution in [3.8, 4) is 5.75 Å². The van der Waals surface area contributed by atoms with Gasteiger partial charge in [-0.2, -0.15) is 0 Å². The first-order valence-electron chi connectivity index (χ1n) is 10.8. The molecule has 0 aromatic heterocycles. The number of benzene rings is 3. The second kappa shape index (κ2) is 11.8. The van der Waals surface area contributed by atoms with Gasteiger partial charge in [-0.3, -0.25) is 14.9 Å². The van der Waals surface area contributed by atoms with Crippen LogP contribution in [0.3, 0.4) is 0 Å². The monoisotopic (exact) mass is 461 g/mol. The first-order chi connectivity index (χ1) is 15.9. The van der Waals surface area contributed by atoms with Gasteiger partial charge in [0.25, 0.3) is 11.8 Å².